The first-order chi connectivity index (χ1) is 8.27. The van der Waals surface area contributed by atoms with Crippen LogP contribution in [0.2, 0.25) is 0 Å². The summed E-state index contributed by atoms with van der Waals surface area (Å²) in [6, 6.07) is 0.587. The van der Waals surface area contributed by atoms with Gasteiger partial charge in [0.2, 0.25) is 0 Å². The van der Waals surface area contributed by atoms with Gasteiger partial charge in [-0.05, 0) is 32.2 Å². The van der Waals surface area contributed by atoms with Gasteiger partial charge in [-0.15, -0.1) is 0 Å². The van der Waals surface area contributed by atoms with Gasteiger partial charge in [0.15, 0.2) is 0 Å². The second-order valence-corrected chi connectivity index (χ2v) is 4.82. The van der Waals surface area contributed by atoms with Crippen molar-refractivity contribution >= 4 is 6.03 Å². The monoisotopic (exact) mass is 241 g/mol. The molecule has 100 valence electrons. The van der Waals surface area contributed by atoms with Crippen LogP contribution in [-0.4, -0.2) is 43.2 Å². The molecule has 0 aromatic carbocycles. The molecule has 1 heterocycles. The predicted molar refractivity (Wildman–Crippen MR) is 71.2 cm³/mol. The second-order valence-electron chi connectivity index (χ2n) is 4.82. The number of nitrogens with zero attached hydrogens (tertiary/aromatic N) is 1. The SMILES string of the molecule is CCCNC(=O)N(CCC)CC1CCCCN1. The van der Waals surface area contributed by atoms with Gasteiger partial charge in [-0.2, -0.15) is 0 Å². The number of amides is 2. The Morgan fingerprint density at radius 2 is 2.18 bits per heavy atom. The molecule has 0 spiro atoms. The largest absolute Gasteiger partial charge is 0.338 e. The normalized spacial score (nSPS) is 20.0. The van der Waals surface area contributed by atoms with E-state index < -0.39 is 0 Å². The average Bonchev–Trinajstić information content (AvgIpc) is 2.36. The maximum absolute atomic E-state index is 12.0. The number of carbonyl (C=O) groups is 1. The van der Waals surface area contributed by atoms with Crippen LogP contribution in [-0.2, 0) is 0 Å². The molecule has 0 saturated carbocycles. The number of urea groups is 1. The van der Waals surface area contributed by atoms with E-state index in [4.69, 9.17) is 0 Å². The fraction of sp³-hybridized carbons (Fsp3) is 0.923. The smallest absolute Gasteiger partial charge is 0.317 e. The summed E-state index contributed by atoms with van der Waals surface area (Å²) in [5.74, 6) is 0. The molecule has 0 aromatic heterocycles. The minimum Gasteiger partial charge on any atom is -0.338 e. The van der Waals surface area contributed by atoms with E-state index in [-0.39, 0.29) is 6.03 Å². The lowest BCUT2D eigenvalue weighted by Gasteiger charge is -2.30. The number of rotatable bonds is 6. The molecule has 1 saturated heterocycles. The van der Waals surface area contributed by atoms with Crippen molar-refractivity contribution in [3.05, 3.63) is 0 Å². The molecule has 0 bridgehead atoms. The molecule has 1 unspecified atom stereocenters. The first kappa shape index (κ1) is 14.3. The Morgan fingerprint density at radius 3 is 2.76 bits per heavy atom. The van der Waals surface area contributed by atoms with E-state index in [9.17, 15) is 4.79 Å². The van der Waals surface area contributed by atoms with Crippen molar-refractivity contribution in [1.82, 2.24) is 15.5 Å². The van der Waals surface area contributed by atoms with E-state index in [1.54, 1.807) is 0 Å². The van der Waals surface area contributed by atoms with Crippen LogP contribution >= 0.6 is 0 Å². The fourth-order valence-corrected chi connectivity index (χ4v) is 2.24. The molecule has 0 radical (unpaired) electrons. The van der Waals surface area contributed by atoms with Gasteiger partial charge >= 0.3 is 6.03 Å². The minimum atomic E-state index is 0.0982. The lowest BCUT2D eigenvalue weighted by Crippen LogP contribution is -2.49. The van der Waals surface area contributed by atoms with Gasteiger partial charge in [0.25, 0.3) is 0 Å². The summed E-state index contributed by atoms with van der Waals surface area (Å²) in [6.07, 6.45) is 5.77. The van der Waals surface area contributed by atoms with Crippen molar-refractivity contribution in [3.8, 4) is 0 Å². The molecule has 4 nitrogen and oxygen atoms in total. The van der Waals surface area contributed by atoms with Crippen LogP contribution in [0.4, 0.5) is 4.79 Å². The summed E-state index contributed by atoms with van der Waals surface area (Å²) in [5, 5.41) is 6.46. The number of hydrogen-bond donors (Lipinski definition) is 2. The van der Waals surface area contributed by atoms with E-state index >= 15 is 0 Å². The van der Waals surface area contributed by atoms with E-state index in [0.29, 0.717) is 6.04 Å². The Hall–Kier alpha value is -0.770. The third-order valence-electron chi connectivity index (χ3n) is 3.16. The maximum Gasteiger partial charge on any atom is 0.317 e. The molecule has 1 atom stereocenters. The molecule has 1 rings (SSSR count). The highest BCUT2D eigenvalue weighted by atomic mass is 16.2. The number of carbonyl (C=O) groups excluding carboxylic acids is 1. The first-order valence-corrected chi connectivity index (χ1v) is 7.04. The van der Waals surface area contributed by atoms with E-state index in [0.717, 1.165) is 39.0 Å². The molecule has 17 heavy (non-hydrogen) atoms. The lowest BCUT2D eigenvalue weighted by atomic mass is 10.0. The standard InChI is InChI=1S/C13H27N3O/c1-3-8-15-13(17)16(10-4-2)11-12-7-5-6-9-14-12/h12,14H,3-11H2,1-2H3,(H,15,17). The number of nitrogens with one attached hydrogen (secondary N) is 2. The molecule has 1 aliphatic rings. The first-order valence-electron chi connectivity index (χ1n) is 7.04. The van der Waals surface area contributed by atoms with Crippen LogP contribution < -0.4 is 10.6 Å². The fourth-order valence-electron chi connectivity index (χ4n) is 2.24. The zero-order valence-electron chi connectivity index (χ0n) is 11.3. The van der Waals surface area contributed by atoms with Crippen molar-refractivity contribution in [2.75, 3.05) is 26.2 Å². The van der Waals surface area contributed by atoms with Crippen LogP contribution in [0.25, 0.3) is 0 Å². The Morgan fingerprint density at radius 1 is 1.35 bits per heavy atom. The van der Waals surface area contributed by atoms with Crippen LogP contribution in [0.3, 0.4) is 0 Å². The third kappa shape index (κ3) is 5.39. The van der Waals surface area contributed by atoms with Crippen LogP contribution in [0.15, 0.2) is 0 Å². The maximum atomic E-state index is 12.0. The van der Waals surface area contributed by atoms with E-state index in [1.807, 2.05) is 4.90 Å². The highest BCUT2D eigenvalue weighted by Gasteiger charge is 2.19. The summed E-state index contributed by atoms with van der Waals surface area (Å²) in [5.41, 5.74) is 0. The summed E-state index contributed by atoms with van der Waals surface area (Å²) in [4.78, 5) is 13.9. The van der Waals surface area contributed by atoms with Crippen LogP contribution in [0.1, 0.15) is 46.0 Å². The van der Waals surface area contributed by atoms with Crippen molar-refractivity contribution < 1.29 is 4.79 Å². The van der Waals surface area contributed by atoms with Gasteiger partial charge in [0.05, 0.1) is 0 Å². The molecule has 0 aliphatic carbocycles. The van der Waals surface area contributed by atoms with Crippen molar-refractivity contribution in [3.63, 3.8) is 0 Å². The highest BCUT2D eigenvalue weighted by Crippen LogP contribution is 2.09. The van der Waals surface area contributed by atoms with Crippen molar-refractivity contribution in [1.29, 1.82) is 0 Å². The Bertz CT molecular complexity index is 215. The lowest BCUT2D eigenvalue weighted by molar-refractivity contribution is 0.186. The topological polar surface area (TPSA) is 44.4 Å². The summed E-state index contributed by atoms with van der Waals surface area (Å²) in [7, 11) is 0. The average molecular weight is 241 g/mol. The van der Waals surface area contributed by atoms with Crippen LogP contribution in [0, 0.1) is 0 Å². The van der Waals surface area contributed by atoms with Crippen molar-refractivity contribution in [2.24, 2.45) is 0 Å². The zero-order valence-corrected chi connectivity index (χ0v) is 11.3. The highest BCUT2D eigenvalue weighted by molar-refractivity contribution is 5.74. The van der Waals surface area contributed by atoms with Gasteiger partial charge in [0.1, 0.15) is 0 Å². The van der Waals surface area contributed by atoms with Crippen LogP contribution in [0.5, 0.6) is 0 Å². The van der Waals surface area contributed by atoms with Gasteiger partial charge in [-0.3, -0.25) is 0 Å². The zero-order chi connectivity index (χ0) is 12.5. The summed E-state index contributed by atoms with van der Waals surface area (Å²) < 4.78 is 0. The quantitative estimate of drug-likeness (QED) is 0.746. The van der Waals surface area contributed by atoms with Gasteiger partial charge in [-0.1, -0.05) is 20.3 Å². The second kappa shape index (κ2) is 8.34. The Labute approximate surface area is 105 Å². The Kier molecular flexibility index (Phi) is 7.01. The molecule has 4 heteroatoms. The molecule has 2 N–H and O–H groups in total. The van der Waals surface area contributed by atoms with E-state index in [2.05, 4.69) is 24.5 Å². The molecule has 1 aliphatic heterocycles. The number of hydrogen-bond acceptors (Lipinski definition) is 2. The van der Waals surface area contributed by atoms with Crippen molar-refractivity contribution in [2.45, 2.75) is 52.0 Å². The Balaban J connectivity index is 2.37. The predicted octanol–water partition coefficient (Wildman–Crippen LogP) is 1.96. The van der Waals surface area contributed by atoms with E-state index in [1.165, 1.54) is 19.3 Å². The molecular weight excluding hydrogens is 214 g/mol. The minimum absolute atomic E-state index is 0.0982. The molecule has 1 fully saturated rings. The van der Waals surface area contributed by atoms with Gasteiger partial charge < -0.3 is 15.5 Å². The molecule has 0 aromatic rings. The van der Waals surface area contributed by atoms with Gasteiger partial charge in [0, 0.05) is 25.7 Å². The summed E-state index contributed by atoms with van der Waals surface area (Å²) >= 11 is 0. The third-order valence-corrected chi connectivity index (χ3v) is 3.16. The van der Waals surface area contributed by atoms with Gasteiger partial charge in [-0.25, -0.2) is 4.79 Å². The summed E-state index contributed by atoms with van der Waals surface area (Å²) in [6.45, 7) is 7.77. The molecular formula is C13H27N3O. The number of piperidine rings is 1. The molecule has 2 amide bonds.